The Bertz CT molecular complexity index is 720. The second-order valence-electron chi connectivity index (χ2n) is 4.82. The van der Waals surface area contributed by atoms with Crippen molar-refractivity contribution in [2.45, 2.75) is 13.0 Å². The number of halogens is 1. The van der Waals surface area contributed by atoms with Crippen molar-refractivity contribution in [2.24, 2.45) is 0 Å². The zero-order valence-electron chi connectivity index (χ0n) is 12.1. The molecule has 0 spiro atoms. The first-order chi connectivity index (χ1) is 10.0. The summed E-state index contributed by atoms with van der Waals surface area (Å²) in [7, 11) is 1.48. The summed E-state index contributed by atoms with van der Waals surface area (Å²) in [4.78, 5) is 18.4. The van der Waals surface area contributed by atoms with Crippen molar-refractivity contribution >= 4 is 42.5 Å². The molecule has 1 aliphatic rings. The molecule has 1 amide bonds. The first-order valence-corrected chi connectivity index (χ1v) is 6.76. The van der Waals surface area contributed by atoms with E-state index < -0.39 is 0 Å². The van der Waals surface area contributed by atoms with Gasteiger partial charge in [-0.2, -0.15) is 23.6 Å². The van der Waals surface area contributed by atoms with Gasteiger partial charge in [0.15, 0.2) is 0 Å². The molecule has 118 valence electrons. The zero-order valence-corrected chi connectivity index (χ0v) is 13.8. The van der Waals surface area contributed by atoms with Crippen LogP contribution in [-0.4, -0.2) is 34.3 Å². The molecule has 7 nitrogen and oxygen atoms in total. The highest BCUT2D eigenvalue weighted by molar-refractivity contribution is 7.59. The van der Waals surface area contributed by atoms with E-state index in [1.54, 1.807) is 21.7 Å². The molecule has 2 aromatic heterocycles. The Morgan fingerprint density at radius 3 is 2.86 bits per heavy atom. The van der Waals surface area contributed by atoms with Crippen LogP contribution in [0.1, 0.15) is 23.5 Å². The van der Waals surface area contributed by atoms with Gasteiger partial charge in [-0.25, -0.2) is 0 Å². The summed E-state index contributed by atoms with van der Waals surface area (Å²) in [6.07, 6.45) is 1.49. The summed E-state index contributed by atoms with van der Waals surface area (Å²) in [5.74, 6) is 0.515. The summed E-state index contributed by atoms with van der Waals surface area (Å²) in [6.45, 7) is 2.41. The topological polar surface area (TPSA) is 86.3 Å². The number of rotatable bonds is 2. The Balaban J connectivity index is 0.00000176. The van der Waals surface area contributed by atoms with Gasteiger partial charge in [0.2, 0.25) is 5.88 Å². The average Bonchev–Trinajstić information content (AvgIpc) is 2.86. The van der Waals surface area contributed by atoms with E-state index in [9.17, 15) is 4.79 Å². The Morgan fingerprint density at radius 2 is 2.18 bits per heavy atom. The van der Waals surface area contributed by atoms with Crippen LogP contribution < -0.4 is 15.4 Å². The van der Waals surface area contributed by atoms with Gasteiger partial charge >= 0.3 is 0 Å². The van der Waals surface area contributed by atoms with Gasteiger partial charge in [0, 0.05) is 6.54 Å². The lowest BCUT2D eigenvalue weighted by molar-refractivity contribution is 0.0953. The van der Waals surface area contributed by atoms with E-state index in [-0.39, 0.29) is 31.3 Å². The van der Waals surface area contributed by atoms with Crippen molar-refractivity contribution in [3.8, 4) is 5.88 Å². The quantitative estimate of drug-likeness (QED) is 0.901. The molecule has 0 saturated carbocycles. The zero-order chi connectivity index (χ0) is 15.1. The van der Waals surface area contributed by atoms with Crippen molar-refractivity contribution < 1.29 is 9.53 Å². The number of nitrogens with zero attached hydrogens (tertiary/aromatic N) is 4. The van der Waals surface area contributed by atoms with Crippen molar-refractivity contribution in [1.82, 2.24) is 14.8 Å². The molecule has 1 atom stereocenters. The molecule has 0 bridgehead atoms. The fourth-order valence-electron chi connectivity index (χ4n) is 2.39. The van der Waals surface area contributed by atoms with Crippen molar-refractivity contribution in [2.75, 3.05) is 24.3 Å². The Kier molecular flexibility index (Phi) is 4.52. The van der Waals surface area contributed by atoms with Gasteiger partial charge in [-0.3, -0.25) is 14.4 Å². The number of hydrogen-bond donors (Lipinski definition) is 1. The van der Waals surface area contributed by atoms with Crippen LogP contribution >= 0.6 is 25.1 Å². The largest absolute Gasteiger partial charge is 0.480 e. The van der Waals surface area contributed by atoms with Crippen molar-refractivity contribution in [1.29, 1.82) is 0 Å². The smallest absolute Gasteiger partial charge is 0.279 e. The van der Waals surface area contributed by atoms with Crippen molar-refractivity contribution in [3.05, 3.63) is 29.0 Å². The number of anilines is 2. The monoisotopic (exact) mass is 341 g/mol. The highest BCUT2D eigenvalue weighted by atomic mass is 35.5. The summed E-state index contributed by atoms with van der Waals surface area (Å²) in [6, 6.07) is 3.33. The predicted molar refractivity (Wildman–Crippen MR) is 89.2 cm³/mol. The number of aromatic nitrogens is 3. The van der Waals surface area contributed by atoms with Crippen LogP contribution in [0.4, 0.5) is 11.5 Å². The van der Waals surface area contributed by atoms with Crippen LogP contribution in [0.2, 0.25) is 5.02 Å². The number of pyridine rings is 1. The molecule has 2 N–H and O–H groups in total. The molecule has 2 aromatic rings. The summed E-state index contributed by atoms with van der Waals surface area (Å²) in [5, 5.41) is 4.53. The second kappa shape index (κ2) is 6.05. The highest BCUT2D eigenvalue weighted by Crippen LogP contribution is 2.30. The molecule has 22 heavy (non-hydrogen) atoms. The number of carbonyl (C=O) groups excluding carboxylic acids is 1. The lowest BCUT2D eigenvalue weighted by Gasteiger charge is -2.31. The number of hydrogen-bond acceptors (Lipinski definition) is 5. The van der Waals surface area contributed by atoms with E-state index in [1.807, 2.05) is 6.92 Å². The second-order valence-corrected chi connectivity index (χ2v) is 5.23. The van der Waals surface area contributed by atoms with Gasteiger partial charge in [0.25, 0.3) is 5.91 Å². The van der Waals surface area contributed by atoms with Gasteiger partial charge < -0.3 is 10.5 Å². The van der Waals surface area contributed by atoms with Gasteiger partial charge in [0.1, 0.15) is 16.5 Å². The number of amides is 1. The van der Waals surface area contributed by atoms with E-state index in [2.05, 4.69) is 10.1 Å². The molecule has 3 rings (SSSR count). The Labute approximate surface area is 139 Å². The van der Waals surface area contributed by atoms with E-state index >= 15 is 0 Å². The van der Waals surface area contributed by atoms with Gasteiger partial charge in [-0.05, 0) is 19.1 Å². The highest BCUT2D eigenvalue weighted by Gasteiger charge is 2.33. The summed E-state index contributed by atoms with van der Waals surface area (Å²) in [5.41, 5.74) is 6.58. The number of fused-ring (bicyclic) bond motifs is 1. The molecule has 0 unspecified atom stereocenters. The third-order valence-electron chi connectivity index (χ3n) is 3.40. The van der Waals surface area contributed by atoms with Crippen LogP contribution in [0, 0.1) is 0 Å². The predicted octanol–water partition coefficient (Wildman–Crippen LogP) is 1.86. The number of methoxy groups -OCH3 is 1. The number of nitrogen functional groups attached to an aromatic ring is 1. The molecule has 0 fully saturated rings. The Morgan fingerprint density at radius 1 is 1.45 bits per heavy atom. The summed E-state index contributed by atoms with van der Waals surface area (Å²) < 4.78 is 6.73. The fourth-order valence-corrected chi connectivity index (χ4v) is 2.57. The van der Waals surface area contributed by atoms with Crippen LogP contribution in [0.15, 0.2) is 18.3 Å². The molecule has 0 saturated heterocycles. The standard InChI is InChI=1S/C13H14ClN5O2.H2S/c1-7-6-18(10-4-3-8(14)12(17-10)21-2)13(20)11-9(15)5-16-19(7)11;/h3-5,7H,6,15H2,1-2H3;1H2/t7-;/m0./s1. The van der Waals surface area contributed by atoms with Crippen LogP contribution in [0.3, 0.4) is 0 Å². The minimum absolute atomic E-state index is 0. The Hall–Kier alpha value is -1.93. The lowest BCUT2D eigenvalue weighted by atomic mass is 10.2. The maximum absolute atomic E-state index is 12.6. The minimum Gasteiger partial charge on any atom is -0.480 e. The van der Waals surface area contributed by atoms with E-state index in [0.717, 1.165) is 0 Å². The SMILES string of the molecule is COc1nc(N2C[C@H](C)n3ncc(N)c3C2=O)ccc1Cl.S. The number of ether oxygens (including phenoxy) is 1. The lowest BCUT2D eigenvalue weighted by Crippen LogP contribution is -2.43. The molecule has 0 radical (unpaired) electrons. The molecule has 1 aliphatic heterocycles. The van der Waals surface area contributed by atoms with Gasteiger partial charge in [0.05, 0.1) is 25.0 Å². The maximum atomic E-state index is 12.6. The molecule has 0 aromatic carbocycles. The van der Waals surface area contributed by atoms with E-state index in [0.29, 0.717) is 28.8 Å². The van der Waals surface area contributed by atoms with Gasteiger partial charge in [-0.15, -0.1) is 0 Å². The molecule has 0 aliphatic carbocycles. The maximum Gasteiger partial charge on any atom is 0.279 e. The molecule has 3 heterocycles. The van der Waals surface area contributed by atoms with Gasteiger partial charge in [-0.1, -0.05) is 11.6 Å². The third-order valence-corrected chi connectivity index (χ3v) is 3.69. The number of carbonyl (C=O) groups is 1. The average molecular weight is 342 g/mol. The summed E-state index contributed by atoms with van der Waals surface area (Å²) >= 11 is 5.96. The van der Waals surface area contributed by atoms with E-state index in [4.69, 9.17) is 22.1 Å². The number of nitrogens with two attached hydrogens (primary N) is 1. The third kappa shape index (κ3) is 2.48. The van der Waals surface area contributed by atoms with Crippen LogP contribution in [0.5, 0.6) is 5.88 Å². The molecular formula is C13H16ClN5O2S. The van der Waals surface area contributed by atoms with Crippen molar-refractivity contribution in [3.63, 3.8) is 0 Å². The first-order valence-electron chi connectivity index (χ1n) is 6.38. The minimum atomic E-state index is -0.236. The molecular weight excluding hydrogens is 326 g/mol. The van der Waals surface area contributed by atoms with E-state index in [1.165, 1.54) is 13.3 Å². The normalized spacial score (nSPS) is 17.0. The molecule has 9 heteroatoms. The van der Waals surface area contributed by atoms with Crippen LogP contribution in [0.25, 0.3) is 0 Å². The fraction of sp³-hybridized carbons (Fsp3) is 0.308. The first kappa shape index (κ1) is 16.4. The van der Waals surface area contributed by atoms with Crippen LogP contribution in [-0.2, 0) is 0 Å².